The summed E-state index contributed by atoms with van der Waals surface area (Å²) < 4.78 is 0. The molecular weight excluding hydrogens is 140 g/mol. The zero-order valence-electron chi connectivity index (χ0n) is 6.49. The zero-order valence-corrected chi connectivity index (χ0v) is 6.49. The van der Waals surface area contributed by atoms with Gasteiger partial charge in [0.2, 0.25) is 0 Å². The van der Waals surface area contributed by atoms with Crippen LogP contribution in [0.4, 0.5) is 0 Å². The molecule has 1 aliphatic heterocycles. The molecule has 0 aliphatic carbocycles. The lowest BCUT2D eigenvalue weighted by Crippen LogP contribution is -2.28. The van der Waals surface area contributed by atoms with Gasteiger partial charge in [-0.1, -0.05) is 6.08 Å². The van der Waals surface area contributed by atoms with E-state index in [-0.39, 0.29) is 0 Å². The van der Waals surface area contributed by atoms with E-state index in [0.717, 1.165) is 31.6 Å². The van der Waals surface area contributed by atoms with Gasteiger partial charge in [0.1, 0.15) is 12.1 Å². The van der Waals surface area contributed by atoms with Crippen molar-refractivity contribution < 1.29 is 4.79 Å². The van der Waals surface area contributed by atoms with Crippen molar-refractivity contribution in [2.75, 3.05) is 19.6 Å². The number of carbonyl (C=O) groups is 1. The summed E-state index contributed by atoms with van der Waals surface area (Å²) in [6, 6.07) is 0. The van der Waals surface area contributed by atoms with Crippen molar-refractivity contribution in [3.8, 4) is 0 Å². The Hall–Kier alpha value is -1.12. The van der Waals surface area contributed by atoms with Crippen LogP contribution in [0.1, 0.15) is 6.42 Å². The molecule has 1 aliphatic rings. The average molecular weight is 152 g/mol. The smallest absolute Gasteiger partial charge is 0.139 e. The van der Waals surface area contributed by atoms with Crippen LogP contribution in [0.25, 0.3) is 0 Å². The Morgan fingerprint density at radius 2 is 2.55 bits per heavy atom. The van der Waals surface area contributed by atoms with E-state index >= 15 is 0 Å². The highest BCUT2D eigenvalue weighted by atomic mass is 16.1. The molecule has 0 aromatic rings. The van der Waals surface area contributed by atoms with Crippen molar-refractivity contribution >= 4 is 12.1 Å². The van der Waals surface area contributed by atoms with Crippen molar-refractivity contribution in [3.05, 3.63) is 12.7 Å². The molecule has 0 saturated heterocycles. The Bertz CT molecular complexity index is 187. The number of hydrogen-bond acceptors (Lipinski definition) is 3. The largest absolute Gasteiger partial charge is 0.351 e. The Kier molecular flexibility index (Phi) is 2.83. The summed E-state index contributed by atoms with van der Waals surface area (Å²) in [5.41, 5.74) is 0. The molecule has 0 atom stereocenters. The first-order chi connectivity index (χ1) is 5.38. The minimum absolute atomic E-state index is 0.465. The molecule has 0 unspecified atom stereocenters. The van der Waals surface area contributed by atoms with Gasteiger partial charge in [-0.2, -0.15) is 0 Å². The summed E-state index contributed by atoms with van der Waals surface area (Å²) in [5.74, 6) is 0.993. The Morgan fingerprint density at radius 3 is 3.18 bits per heavy atom. The fourth-order valence-electron chi connectivity index (χ4n) is 1.14. The maximum atomic E-state index is 10.2. The Balaban J connectivity index is 2.47. The Labute approximate surface area is 66.4 Å². The monoisotopic (exact) mass is 152 g/mol. The molecule has 0 radical (unpaired) electrons. The fourth-order valence-corrected chi connectivity index (χ4v) is 1.14. The highest BCUT2D eigenvalue weighted by Crippen LogP contribution is 2.03. The number of hydrogen-bond donors (Lipinski definition) is 0. The van der Waals surface area contributed by atoms with E-state index in [0.29, 0.717) is 6.54 Å². The van der Waals surface area contributed by atoms with E-state index < -0.39 is 0 Å². The molecule has 11 heavy (non-hydrogen) atoms. The fraction of sp³-hybridized carbons (Fsp3) is 0.500. The van der Waals surface area contributed by atoms with Gasteiger partial charge in [-0.3, -0.25) is 4.99 Å². The van der Waals surface area contributed by atoms with Crippen molar-refractivity contribution in [2.45, 2.75) is 6.42 Å². The molecule has 0 aromatic carbocycles. The first kappa shape index (κ1) is 7.98. The van der Waals surface area contributed by atoms with Crippen LogP contribution in [0, 0.1) is 0 Å². The first-order valence-electron chi connectivity index (χ1n) is 3.71. The lowest BCUT2D eigenvalue weighted by atomic mass is 10.3. The minimum atomic E-state index is 0.465. The second-order valence-corrected chi connectivity index (χ2v) is 2.40. The number of aliphatic imine (C=N–C) groups is 1. The normalized spacial score (nSPS) is 16.4. The molecule has 0 spiro atoms. The molecule has 0 bridgehead atoms. The van der Waals surface area contributed by atoms with E-state index in [1.54, 1.807) is 0 Å². The van der Waals surface area contributed by atoms with Gasteiger partial charge < -0.3 is 9.69 Å². The standard InChI is InChI=1S/C8H12N2O/c1-2-3-8-9-4-5-10(8)6-7-11/h2,7H,1,3-6H2. The molecule has 3 heteroatoms. The number of rotatable bonds is 4. The van der Waals surface area contributed by atoms with Crippen LogP contribution in [-0.4, -0.2) is 36.7 Å². The lowest BCUT2D eigenvalue weighted by Gasteiger charge is -2.15. The summed E-state index contributed by atoms with van der Waals surface area (Å²) >= 11 is 0. The molecule has 0 saturated carbocycles. The van der Waals surface area contributed by atoms with Crippen LogP contribution in [0.3, 0.4) is 0 Å². The number of amidine groups is 1. The number of aldehydes is 1. The summed E-state index contributed by atoms with van der Waals surface area (Å²) in [5, 5.41) is 0. The molecule has 0 N–H and O–H groups in total. The van der Waals surface area contributed by atoms with E-state index in [4.69, 9.17) is 0 Å². The van der Waals surface area contributed by atoms with Crippen LogP contribution in [-0.2, 0) is 4.79 Å². The second kappa shape index (κ2) is 3.91. The van der Waals surface area contributed by atoms with Gasteiger partial charge in [-0.05, 0) is 0 Å². The molecule has 0 fully saturated rings. The van der Waals surface area contributed by atoms with Gasteiger partial charge in [0, 0.05) is 13.0 Å². The zero-order chi connectivity index (χ0) is 8.10. The maximum absolute atomic E-state index is 10.2. The minimum Gasteiger partial charge on any atom is -0.351 e. The SMILES string of the molecule is C=CCC1=NCCN1CC=O. The van der Waals surface area contributed by atoms with E-state index in [2.05, 4.69) is 11.6 Å². The third-order valence-electron chi connectivity index (χ3n) is 1.65. The molecule has 3 nitrogen and oxygen atoms in total. The van der Waals surface area contributed by atoms with Crippen LogP contribution >= 0.6 is 0 Å². The topological polar surface area (TPSA) is 32.7 Å². The first-order valence-corrected chi connectivity index (χ1v) is 3.71. The quantitative estimate of drug-likeness (QED) is 0.433. The molecule has 60 valence electrons. The molecule has 0 aromatic heterocycles. The summed E-state index contributed by atoms with van der Waals surface area (Å²) in [7, 11) is 0. The van der Waals surface area contributed by atoms with Crippen LogP contribution < -0.4 is 0 Å². The predicted molar refractivity (Wildman–Crippen MR) is 44.8 cm³/mol. The molecule has 1 rings (SSSR count). The maximum Gasteiger partial charge on any atom is 0.139 e. The third-order valence-corrected chi connectivity index (χ3v) is 1.65. The average Bonchev–Trinajstić information content (AvgIpc) is 2.39. The highest BCUT2D eigenvalue weighted by Gasteiger charge is 2.13. The molecule has 1 heterocycles. The van der Waals surface area contributed by atoms with Gasteiger partial charge in [0.05, 0.1) is 13.1 Å². The van der Waals surface area contributed by atoms with E-state index in [1.165, 1.54) is 0 Å². The van der Waals surface area contributed by atoms with Gasteiger partial charge in [-0.25, -0.2) is 0 Å². The molecule has 0 amide bonds. The summed E-state index contributed by atoms with van der Waals surface area (Å²) in [6.07, 6.45) is 3.49. The predicted octanol–water partition coefficient (Wildman–Crippen LogP) is 0.476. The summed E-state index contributed by atoms with van der Waals surface area (Å²) in [6.45, 7) is 5.78. The van der Waals surface area contributed by atoms with Crippen molar-refractivity contribution in [1.29, 1.82) is 0 Å². The van der Waals surface area contributed by atoms with Crippen LogP contribution in [0.15, 0.2) is 17.6 Å². The van der Waals surface area contributed by atoms with Crippen molar-refractivity contribution in [2.24, 2.45) is 4.99 Å². The van der Waals surface area contributed by atoms with E-state index in [1.807, 2.05) is 11.0 Å². The van der Waals surface area contributed by atoms with Crippen molar-refractivity contribution in [3.63, 3.8) is 0 Å². The third kappa shape index (κ3) is 1.90. The second-order valence-electron chi connectivity index (χ2n) is 2.40. The van der Waals surface area contributed by atoms with Crippen molar-refractivity contribution in [1.82, 2.24) is 4.90 Å². The highest BCUT2D eigenvalue weighted by molar-refractivity contribution is 5.86. The van der Waals surface area contributed by atoms with Gasteiger partial charge in [-0.15, -0.1) is 6.58 Å². The van der Waals surface area contributed by atoms with Gasteiger partial charge in [0.25, 0.3) is 0 Å². The molecular formula is C8H12N2O. The van der Waals surface area contributed by atoms with E-state index in [9.17, 15) is 4.79 Å². The Morgan fingerprint density at radius 1 is 1.73 bits per heavy atom. The van der Waals surface area contributed by atoms with Crippen LogP contribution in [0.5, 0.6) is 0 Å². The number of nitrogens with zero attached hydrogens (tertiary/aromatic N) is 2. The number of carbonyl (C=O) groups excluding carboxylic acids is 1. The summed E-state index contributed by atoms with van der Waals surface area (Å²) in [4.78, 5) is 16.4. The van der Waals surface area contributed by atoms with Gasteiger partial charge in [0.15, 0.2) is 0 Å². The lowest BCUT2D eigenvalue weighted by molar-refractivity contribution is -0.108. The van der Waals surface area contributed by atoms with Crippen LogP contribution in [0.2, 0.25) is 0 Å². The van der Waals surface area contributed by atoms with Gasteiger partial charge >= 0.3 is 0 Å².